The average Bonchev–Trinajstić information content (AvgIpc) is 2.64. The first-order chi connectivity index (χ1) is 13.0. The standard InChI is InChI=1S/C21H41NO4S/c1-4-6-7-8-9-10-11-12-13-14-15-16-17-18-19-20-21(23)22(3)27(24,25)26-5-2/h12-13H,4-11,14-20H2,1-3H3. The van der Waals surface area contributed by atoms with Gasteiger partial charge in [-0.15, -0.1) is 0 Å². The Morgan fingerprint density at radius 1 is 0.815 bits per heavy atom. The number of hydrogen-bond acceptors (Lipinski definition) is 4. The molecule has 0 fully saturated rings. The van der Waals surface area contributed by atoms with E-state index in [0.717, 1.165) is 32.1 Å². The first-order valence-electron chi connectivity index (χ1n) is 10.8. The van der Waals surface area contributed by atoms with Crippen molar-refractivity contribution in [1.29, 1.82) is 0 Å². The lowest BCUT2D eigenvalue weighted by Crippen LogP contribution is -2.34. The van der Waals surface area contributed by atoms with Gasteiger partial charge in [0.25, 0.3) is 0 Å². The normalized spacial score (nSPS) is 12.0. The van der Waals surface area contributed by atoms with Gasteiger partial charge in [0.1, 0.15) is 0 Å². The van der Waals surface area contributed by atoms with Crippen LogP contribution < -0.4 is 0 Å². The molecule has 160 valence electrons. The monoisotopic (exact) mass is 403 g/mol. The smallest absolute Gasteiger partial charge is 0.274 e. The molecule has 0 bridgehead atoms. The first kappa shape index (κ1) is 26.1. The molecule has 0 aliphatic rings. The van der Waals surface area contributed by atoms with E-state index in [0.29, 0.717) is 4.31 Å². The predicted octanol–water partition coefficient (Wildman–Crippen LogP) is 5.76. The first-order valence-corrected chi connectivity index (χ1v) is 12.1. The third-order valence-corrected chi connectivity index (χ3v) is 6.01. The van der Waals surface area contributed by atoms with Gasteiger partial charge in [-0.25, -0.2) is 4.31 Å². The zero-order valence-electron chi connectivity index (χ0n) is 17.7. The minimum atomic E-state index is -3.90. The molecule has 1 amide bonds. The molecular weight excluding hydrogens is 362 g/mol. The number of carbonyl (C=O) groups excluding carboxylic acids is 1. The second-order valence-electron chi connectivity index (χ2n) is 7.06. The van der Waals surface area contributed by atoms with E-state index in [1.54, 1.807) is 6.92 Å². The molecule has 0 atom stereocenters. The minimum Gasteiger partial charge on any atom is -0.274 e. The van der Waals surface area contributed by atoms with Gasteiger partial charge in [-0.2, -0.15) is 8.42 Å². The molecule has 0 radical (unpaired) electrons. The van der Waals surface area contributed by atoms with E-state index in [-0.39, 0.29) is 13.0 Å². The molecule has 6 heteroatoms. The largest absolute Gasteiger partial charge is 0.364 e. The van der Waals surface area contributed by atoms with Crippen molar-refractivity contribution in [2.75, 3.05) is 13.7 Å². The Balaban J connectivity index is 3.52. The molecule has 0 aromatic carbocycles. The molecule has 0 saturated carbocycles. The van der Waals surface area contributed by atoms with Crippen molar-refractivity contribution in [3.63, 3.8) is 0 Å². The number of carbonyl (C=O) groups is 1. The quantitative estimate of drug-likeness (QED) is 0.215. The SMILES string of the molecule is CCCCCCCCC=CCCCCCCCC(=O)N(C)S(=O)(=O)OCC. The fraction of sp³-hybridized carbons (Fsp3) is 0.857. The summed E-state index contributed by atoms with van der Waals surface area (Å²) in [6, 6.07) is 0. The Labute approximate surface area is 167 Å². The van der Waals surface area contributed by atoms with Crippen LogP contribution in [-0.4, -0.2) is 32.3 Å². The van der Waals surface area contributed by atoms with Crippen molar-refractivity contribution in [2.24, 2.45) is 0 Å². The van der Waals surface area contributed by atoms with E-state index in [4.69, 9.17) is 0 Å². The van der Waals surface area contributed by atoms with Gasteiger partial charge < -0.3 is 0 Å². The molecule has 27 heavy (non-hydrogen) atoms. The van der Waals surface area contributed by atoms with Gasteiger partial charge in [0.2, 0.25) is 5.91 Å². The minimum absolute atomic E-state index is 0.0351. The Morgan fingerprint density at radius 2 is 1.30 bits per heavy atom. The summed E-state index contributed by atoms with van der Waals surface area (Å²) in [7, 11) is -2.65. The fourth-order valence-corrected chi connectivity index (χ4v) is 3.65. The van der Waals surface area contributed by atoms with Crippen LogP contribution in [0.2, 0.25) is 0 Å². The summed E-state index contributed by atoms with van der Waals surface area (Å²) in [5, 5.41) is 0. The predicted molar refractivity (Wildman–Crippen MR) is 113 cm³/mol. The van der Waals surface area contributed by atoms with Crippen LogP contribution in [-0.2, 0) is 19.3 Å². The van der Waals surface area contributed by atoms with Crippen LogP contribution in [0.4, 0.5) is 0 Å². The summed E-state index contributed by atoms with van der Waals surface area (Å²) in [4.78, 5) is 11.9. The Hall–Kier alpha value is -0.880. The van der Waals surface area contributed by atoms with Crippen molar-refractivity contribution in [3.8, 4) is 0 Å². The van der Waals surface area contributed by atoms with Crippen molar-refractivity contribution in [2.45, 2.75) is 104 Å². The van der Waals surface area contributed by atoms with E-state index >= 15 is 0 Å². The van der Waals surface area contributed by atoms with Gasteiger partial charge in [-0.3, -0.25) is 8.98 Å². The highest BCUT2D eigenvalue weighted by Crippen LogP contribution is 2.11. The van der Waals surface area contributed by atoms with Gasteiger partial charge in [-0.05, 0) is 39.0 Å². The van der Waals surface area contributed by atoms with Crippen LogP contribution in [0.3, 0.4) is 0 Å². The summed E-state index contributed by atoms with van der Waals surface area (Å²) >= 11 is 0. The van der Waals surface area contributed by atoms with Crippen LogP contribution in [0.5, 0.6) is 0 Å². The number of amides is 1. The second kappa shape index (κ2) is 17.2. The maximum absolute atomic E-state index is 11.9. The highest BCUT2D eigenvalue weighted by Gasteiger charge is 2.22. The van der Waals surface area contributed by atoms with Crippen LogP contribution in [0.25, 0.3) is 0 Å². The van der Waals surface area contributed by atoms with Crippen molar-refractivity contribution in [1.82, 2.24) is 4.31 Å². The molecule has 5 nitrogen and oxygen atoms in total. The lowest BCUT2D eigenvalue weighted by Gasteiger charge is -2.16. The average molecular weight is 404 g/mol. The molecule has 0 aliphatic heterocycles. The zero-order chi connectivity index (χ0) is 20.4. The van der Waals surface area contributed by atoms with E-state index in [2.05, 4.69) is 23.3 Å². The van der Waals surface area contributed by atoms with Gasteiger partial charge in [-0.1, -0.05) is 70.4 Å². The number of nitrogens with zero attached hydrogens (tertiary/aromatic N) is 1. The summed E-state index contributed by atoms with van der Waals surface area (Å²) in [5.74, 6) is -0.402. The molecular formula is C21H41NO4S. The molecule has 0 spiro atoms. The zero-order valence-corrected chi connectivity index (χ0v) is 18.6. The van der Waals surface area contributed by atoms with E-state index in [9.17, 15) is 13.2 Å². The molecule has 0 aliphatic carbocycles. The number of hydrogen-bond donors (Lipinski definition) is 0. The van der Waals surface area contributed by atoms with Gasteiger partial charge in [0, 0.05) is 13.5 Å². The third-order valence-electron chi connectivity index (χ3n) is 4.61. The maximum atomic E-state index is 11.9. The second-order valence-corrected chi connectivity index (χ2v) is 8.70. The fourth-order valence-electron chi connectivity index (χ4n) is 2.86. The lowest BCUT2D eigenvalue weighted by atomic mass is 10.1. The van der Waals surface area contributed by atoms with E-state index < -0.39 is 16.2 Å². The maximum Gasteiger partial charge on any atom is 0.364 e. The molecule has 0 unspecified atom stereocenters. The molecule has 0 heterocycles. The Morgan fingerprint density at radius 3 is 1.81 bits per heavy atom. The number of unbranched alkanes of at least 4 members (excludes halogenated alkanes) is 11. The van der Waals surface area contributed by atoms with E-state index in [1.807, 2.05) is 0 Å². The summed E-state index contributed by atoms with van der Waals surface area (Å²) in [6.45, 7) is 3.87. The molecule has 0 aromatic rings. The van der Waals surface area contributed by atoms with Crippen molar-refractivity contribution < 1.29 is 17.4 Å². The molecule has 0 rings (SSSR count). The van der Waals surface area contributed by atoms with Crippen LogP contribution in [0.1, 0.15) is 104 Å². The highest BCUT2D eigenvalue weighted by molar-refractivity contribution is 7.84. The van der Waals surface area contributed by atoms with Gasteiger partial charge in [0.05, 0.1) is 6.61 Å². The van der Waals surface area contributed by atoms with Crippen LogP contribution in [0.15, 0.2) is 12.2 Å². The molecule has 0 N–H and O–H groups in total. The molecule has 0 saturated heterocycles. The topological polar surface area (TPSA) is 63.7 Å². The third kappa shape index (κ3) is 14.8. The Kier molecular flexibility index (Phi) is 16.7. The molecule has 0 aromatic heterocycles. The number of allylic oxidation sites excluding steroid dienone is 2. The van der Waals surface area contributed by atoms with E-state index in [1.165, 1.54) is 58.4 Å². The Bertz CT molecular complexity index is 488. The summed E-state index contributed by atoms with van der Waals surface area (Å²) < 4.78 is 28.5. The van der Waals surface area contributed by atoms with Gasteiger partial charge in [0.15, 0.2) is 0 Å². The van der Waals surface area contributed by atoms with Gasteiger partial charge >= 0.3 is 10.3 Å². The van der Waals surface area contributed by atoms with Crippen molar-refractivity contribution in [3.05, 3.63) is 12.2 Å². The van der Waals surface area contributed by atoms with Crippen molar-refractivity contribution >= 4 is 16.2 Å². The lowest BCUT2D eigenvalue weighted by molar-refractivity contribution is -0.126. The number of rotatable bonds is 18. The highest BCUT2D eigenvalue weighted by atomic mass is 32.2. The van der Waals surface area contributed by atoms with Crippen LogP contribution >= 0.6 is 0 Å². The van der Waals surface area contributed by atoms with Crippen LogP contribution in [0, 0.1) is 0 Å². The summed E-state index contributed by atoms with van der Waals surface area (Å²) in [6.07, 6.45) is 20.4. The summed E-state index contributed by atoms with van der Waals surface area (Å²) in [5.41, 5.74) is 0.